The van der Waals surface area contributed by atoms with Gasteiger partial charge in [-0.3, -0.25) is 0 Å². The Balaban J connectivity index is 2.26. The molecule has 0 aromatic carbocycles. The largest absolute Gasteiger partial charge is 0.383 e. The maximum absolute atomic E-state index is 5.19. The maximum atomic E-state index is 5.19. The Hall–Kier alpha value is -1.36. The van der Waals surface area contributed by atoms with Gasteiger partial charge >= 0.3 is 0 Å². The van der Waals surface area contributed by atoms with Crippen LogP contribution in [0.15, 0.2) is 6.07 Å². The van der Waals surface area contributed by atoms with Crippen molar-refractivity contribution < 1.29 is 4.74 Å². The Labute approximate surface area is 115 Å². The maximum Gasteiger partial charge on any atom is 0.136 e. The van der Waals surface area contributed by atoms with Crippen molar-refractivity contribution in [3.8, 4) is 0 Å². The van der Waals surface area contributed by atoms with E-state index in [1.54, 1.807) is 7.11 Å². The molecule has 1 aromatic heterocycles. The summed E-state index contributed by atoms with van der Waals surface area (Å²) in [5.41, 5.74) is 0. The first-order valence-corrected chi connectivity index (χ1v) is 6.98. The van der Waals surface area contributed by atoms with Crippen LogP contribution >= 0.6 is 0 Å². The van der Waals surface area contributed by atoms with E-state index in [0.717, 1.165) is 24.0 Å². The fourth-order valence-corrected chi connectivity index (χ4v) is 2.08. The average Bonchev–Trinajstić information content (AvgIpc) is 3.22. The monoisotopic (exact) mass is 264 g/mol. The molecular formula is C14H24N4O. The van der Waals surface area contributed by atoms with Gasteiger partial charge in [0.25, 0.3) is 0 Å². The van der Waals surface area contributed by atoms with Crippen LogP contribution in [0.5, 0.6) is 0 Å². The fraction of sp³-hybridized carbons (Fsp3) is 0.714. The molecule has 1 aromatic rings. The van der Waals surface area contributed by atoms with Crippen molar-refractivity contribution in [3.05, 3.63) is 11.9 Å². The lowest BCUT2D eigenvalue weighted by atomic mass is 10.3. The van der Waals surface area contributed by atoms with Crippen molar-refractivity contribution in [2.24, 2.45) is 0 Å². The van der Waals surface area contributed by atoms with Gasteiger partial charge in [0.2, 0.25) is 0 Å². The molecule has 0 radical (unpaired) electrons. The number of anilines is 2. The first-order chi connectivity index (χ1) is 9.15. The molecule has 1 heterocycles. The van der Waals surface area contributed by atoms with Gasteiger partial charge in [-0.05, 0) is 26.7 Å². The van der Waals surface area contributed by atoms with Crippen LogP contribution in [-0.4, -0.2) is 43.3 Å². The van der Waals surface area contributed by atoms with Gasteiger partial charge in [-0.25, -0.2) is 9.97 Å². The van der Waals surface area contributed by atoms with E-state index < -0.39 is 0 Å². The van der Waals surface area contributed by atoms with Crippen LogP contribution in [0, 0.1) is 0 Å². The van der Waals surface area contributed by atoms with Crippen molar-refractivity contribution in [2.75, 3.05) is 37.5 Å². The fourth-order valence-electron chi connectivity index (χ4n) is 2.08. The Morgan fingerprint density at radius 2 is 2.16 bits per heavy atom. The van der Waals surface area contributed by atoms with E-state index in [1.807, 2.05) is 13.1 Å². The van der Waals surface area contributed by atoms with E-state index in [9.17, 15) is 0 Å². The zero-order valence-electron chi connectivity index (χ0n) is 12.3. The number of rotatable bonds is 7. The quantitative estimate of drug-likeness (QED) is 0.818. The van der Waals surface area contributed by atoms with Crippen molar-refractivity contribution in [1.29, 1.82) is 0 Å². The van der Waals surface area contributed by atoms with Crippen molar-refractivity contribution >= 4 is 11.6 Å². The molecule has 0 atom stereocenters. The van der Waals surface area contributed by atoms with Gasteiger partial charge in [0.15, 0.2) is 0 Å². The summed E-state index contributed by atoms with van der Waals surface area (Å²) in [6.45, 7) is 5.90. The molecule has 1 saturated carbocycles. The first-order valence-electron chi connectivity index (χ1n) is 6.98. The van der Waals surface area contributed by atoms with Crippen molar-refractivity contribution in [2.45, 2.75) is 38.6 Å². The van der Waals surface area contributed by atoms with Gasteiger partial charge in [-0.1, -0.05) is 0 Å². The van der Waals surface area contributed by atoms with Crippen LogP contribution in [0.4, 0.5) is 11.6 Å². The molecule has 2 rings (SSSR count). The smallest absolute Gasteiger partial charge is 0.136 e. The van der Waals surface area contributed by atoms with Gasteiger partial charge in [0.05, 0.1) is 6.61 Å². The number of methoxy groups -OCH3 is 1. The standard InChI is InChI=1S/C14H24N4O/c1-10(2)18(7-8-19-4)13-9-12(15-3)16-14(17-13)11-5-6-11/h9-11H,5-8H2,1-4H3,(H,15,16,17). The highest BCUT2D eigenvalue weighted by atomic mass is 16.5. The average molecular weight is 264 g/mol. The van der Waals surface area contributed by atoms with E-state index in [0.29, 0.717) is 18.6 Å². The van der Waals surface area contributed by atoms with Crippen LogP contribution in [0.2, 0.25) is 0 Å². The number of nitrogens with one attached hydrogen (secondary N) is 1. The van der Waals surface area contributed by atoms with Crippen molar-refractivity contribution in [3.63, 3.8) is 0 Å². The molecule has 0 unspecified atom stereocenters. The summed E-state index contributed by atoms with van der Waals surface area (Å²) < 4.78 is 5.19. The summed E-state index contributed by atoms with van der Waals surface area (Å²) >= 11 is 0. The number of aromatic nitrogens is 2. The molecule has 5 heteroatoms. The summed E-state index contributed by atoms with van der Waals surface area (Å²) in [4.78, 5) is 11.6. The molecule has 0 aliphatic heterocycles. The lowest BCUT2D eigenvalue weighted by molar-refractivity contribution is 0.203. The minimum atomic E-state index is 0.391. The third kappa shape index (κ3) is 3.56. The molecule has 19 heavy (non-hydrogen) atoms. The van der Waals surface area contributed by atoms with Gasteiger partial charge in [-0.2, -0.15) is 0 Å². The van der Waals surface area contributed by atoms with Gasteiger partial charge in [0, 0.05) is 38.7 Å². The molecule has 5 nitrogen and oxygen atoms in total. The van der Waals surface area contributed by atoms with Crippen molar-refractivity contribution in [1.82, 2.24) is 9.97 Å². The molecule has 1 fully saturated rings. The predicted octanol–water partition coefficient (Wildman–Crippen LogP) is 2.26. The summed E-state index contributed by atoms with van der Waals surface area (Å²) in [6.07, 6.45) is 2.43. The second kappa shape index (κ2) is 6.19. The van der Waals surface area contributed by atoms with Crippen LogP contribution in [0.25, 0.3) is 0 Å². The second-order valence-electron chi connectivity index (χ2n) is 5.27. The molecule has 0 spiro atoms. The molecule has 106 valence electrons. The number of hydrogen-bond acceptors (Lipinski definition) is 5. The summed E-state index contributed by atoms with van der Waals surface area (Å²) in [5, 5.41) is 3.13. The number of hydrogen-bond donors (Lipinski definition) is 1. The Morgan fingerprint density at radius 3 is 2.68 bits per heavy atom. The molecule has 0 amide bonds. The zero-order chi connectivity index (χ0) is 13.8. The number of nitrogens with zero attached hydrogens (tertiary/aromatic N) is 3. The van der Waals surface area contributed by atoms with E-state index in [2.05, 4.69) is 29.0 Å². The molecule has 1 N–H and O–H groups in total. The van der Waals surface area contributed by atoms with Gasteiger partial charge < -0.3 is 15.0 Å². The van der Waals surface area contributed by atoms with Crippen LogP contribution < -0.4 is 10.2 Å². The van der Waals surface area contributed by atoms with Crippen LogP contribution in [-0.2, 0) is 4.74 Å². The molecule has 1 aliphatic rings. The molecule has 0 saturated heterocycles. The Bertz CT molecular complexity index is 418. The molecular weight excluding hydrogens is 240 g/mol. The minimum absolute atomic E-state index is 0.391. The SMILES string of the molecule is CNc1cc(N(CCOC)C(C)C)nc(C2CC2)n1. The molecule has 1 aliphatic carbocycles. The lowest BCUT2D eigenvalue weighted by Gasteiger charge is -2.28. The highest BCUT2D eigenvalue weighted by molar-refractivity contribution is 5.50. The Kier molecular flexibility index (Phi) is 4.58. The lowest BCUT2D eigenvalue weighted by Crippen LogP contribution is -2.34. The summed E-state index contributed by atoms with van der Waals surface area (Å²) in [7, 11) is 3.63. The second-order valence-corrected chi connectivity index (χ2v) is 5.27. The van der Waals surface area contributed by atoms with E-state index in [1.165, 1.54) is 12.8 Å². The number of ether oxygens (including phenoxy) is 1. The molecule has 0 bridgehead atoms. The first kappa shape index (κ1) is 14.1. The topological polar surface area (TPSA) is 50.3 Å². The third-order valence-electron chi connectivity index (χ3n) is 3.38. The summed E-state index contributed by atoms with van der Waals surface area (Å²) in [5.74, 6) is 3.43. The van der Waals surface area contributed by atoms with E-state index in [-0.39, 0.29) is 0 Å². The highest BCUT2D eigenvalue weighted by Crippen LogP contribution is 2.39. The van der Waals surface area contributed by atoms with Gasteiger partial charge in [0.1, 0.15) is 17.5 Å². The van der Waals surface area contributed by atoms with Gasteiger partial charge in [-0.15, -0.1) is 0 Å². The summed E-state index contributed by atoms with van der Waals surface area (Å²) in [6, 6.07) is 2.41. The normalized spacial score (nSPS) is 14.8. The van der Waals surface area contributed by atoms with Crippen LogP contribution in [0.1, 0.15) is 38.4 Å². The third-order valence-corrected chi connectivity index (χ3v) is 3.38. The zero-order valence-corrected chi connectivity index (χ0v) is 12.3. The minimum Gasteiger partial charge on any atom is -0.383 e. The van der Waals surface area contributed by atoms with Crippen LogP contribution in [0.3, 0.4) is 0 Å². The highest BCUT2D eigenvalue weighted by Gasteiger charge is 2.28. The van der Waals surface area contributed by atoms with E-state index in [4.69, 9.17) is 9.72 Å². The Morgan fingerprint density at radius 1 is 1.42 bits per heavy atom. The van der Waals surface area contributed by atoms with E-state index >= 15 is 0 Å². The predicted molar refractivity (Wildman–Crippen MR) is 77.9 cm³/mol.